The molecule has 1 amide bonds. The van der Waals surface area contributed by atoms with E-state index in [9.17, 15) is 13.2 Å². The van der Waals surface area contributed by atoms with Crippen molar-refractivity contribution in [2.45, 2.75) is 36.1 Å². The molecule has 3 heterocycles. The summed E-state index contributed by atoms with van der Waals surface area (Å²) in [4.78, 5) is 17.3. The van der Waals surface area contributed by atoms with Crippen LogP contribution in [0, 0.1) is 0 Å². The van der Waals surface area contributed by atoms with E-state index in [1.54, 1.807) is 18.3 Å². The Balaban J connectivity index is 1.71. The number of nitrogens with one attached hydrogen (secondary N) is 1. The lowest BCUT2D eigenvalue weighted by Gasteiger charge is -2.28. The molecule has 0 radical (unpaired) electrons. The lowest BCUT2D eigenvalue weighted by atomic mass is 10.1. The standard InChI is InChI=1S/C20H20BrN3O4S2/c21-15-6-4-14(5-7-15)12-24(16-3-1-2-10-23-20(16)25)30(26,27)19-9-8-18(29-19)17-11-22-13-28-17/h4-9,11,13,16H,1-3,10,12H2,(H,23,25). The fourth-order valence-corrected chi connectivity index (χ4v) is 6.63. The zero-order valence-corrected chi connectivity index (χ0v) is 19.2. The Morgan fingerprint density at radius 2 is 2.00 bits per heavy atom. The third kappa shape index (κ3) is 4.51. The molecule has 1 saturated heterocycles. The molecule has 1 atom stereocenters. The zero-order valence-electron chi connectivity index (χ0n) is 16.0. The van der Waals surface area contributed by atoms with Gasteiger partial charge >= 0.3 is 0 Å². The molecule has 158 valence electrons. The first kappa shape index (κ1) is 21.2. The predicted molar refractivity (Wildman–Crippen MR) is 117 cm³/mol. The van der Waals surface area contributed by atoms with E-state index in [1.165, 1.54) is 10.7 Å². The molecular formula is C20H20BrN3O4S2. The number of benzene rings is 1. The first-order valence-corrected chi connectivity index (χ1v) is 12.5. The number of rotatable bonds is 6. The second-order valence-corrected chi connectivity index (χ2v) is 11.1. The molecule has 0 aliphatic carbocycles. The van der Waals surface area contributed by atoms with Crippen molar-refractivity contribution in [3.63, 3.8) is 0 Å². The van der Waals surface area contributed by atoms with Gasteiger partial charge in [0.2, 0.25) is 5.91 Å². The van der Waals surface area contributed by atoms with Gasteiger partial charge in [0.05, 0.1) is 11.1 Å². The van der Waals surface area contributed by atoms with Crippen molar-refractivity contribution in [3.8, 4) is 10.6 Å². The third-order valence-electron chi connectivity index (χ3n) is 4.92. The summed E-state index contributed by atoms with van der Waals surface area (Å²) < 4.78 is 35.0. The Morgan fingerprint density at radius 1 is 1.20 bits per heavy atom. The van der Waals surface area contributed by atoms with E-state index in [0.29, 0.717) is 23.6 Å². The first-order valence-electron chi connectivity index (χ1n) is 9.48. The number of carbonyl (C=O) groups excluding carboxylic acids is 1. The number of hydrogen-bond donors (Lipinski definition) is 1. The van der Waals surface area contributed by atoms with Gasteiger partial charge in [-0.25, -0.2) is 13.4 Å². The molecule has 7 nitrogen and oxygen atoms in total. The van der Waals surface area contributed by atoms with Gasteiger partial charge in [0.15, 0.2) is 12.2 Å². The fourth-order valence-electron chi connectivity index (χ4n) is 3.37. The average molecular weight is 510 g/mol. The Hall–Kier alpha value is -2.01. The quantitative estimate of drug-likeness (QED) is 0.541. The predicted octanol–water partition coefficient (Wildman–Crippen LogP) is 4.03. The molecule has 3 aromatic rings. The minimum absolute atomic E-state index is 0.114. The van der Waals surface area contributed by atoms with Crippen LogP contribution in [0.1, 0.15) is 24.8 Å². The largest absolute Gasteiger partial charge is 0.443 e. The Kier molecular flexibility index (Phi) is 6.37. The highest BCUT2D eigenvalue weighted by molar-refractivity contribution is 9.10. The van der Waals surface area contributed by atoms with Crippen molar-refractivity contribution in [2.75, 3.05) is 6.54 Å². The molecule has 4 rings (SSSR count). The average Bonchev–Trinajstić information content (AvgIpc) is 3.39. The summed E-state index contributed by atoms with van der Waals surface area (Å²) >= 11 is 4.50. The number of halogens is 1. The van der Waals surface area contributed by atoms with Crippen molar-refractivity contribution < 1.29 is 17.6 Å². The first-order chi connectivity index (χ1) is 14.4. The van der Waals surface area contributed by atoms with Gasteiger partial charge in [-0.05, 0) is 49.1 Å². The zero-order chi connectivity index (χ0) is 21.1. The molecule has 1 aliphatic heterocycles. The second-order valence-electron chi connectivity index (χ2n) is 6.96. The van der Waals surface area contributed by atoms with Crippen LogP contribution in [0.5, 0.6) is 0 Å². The Labute approximate surface area is 187 Å². The van der Waals surface area contributed by atoms with Crippen molar-refractivity contribution >= 4 is 43.2 Å². The second kappa shape index (κ2) is 9.01. The maximum Gasteiger partial charge on any atom is 0.253 e. The maximum atomic E-state index is 13.6. The van der Waals surface area contributed by atoms with Crippen molar-refractivity contribution in [2.24, 2.45) is 0 Å². The summed E-state index contributed by atoms with van der Waals surface area (Å²) in [7, 11) is -3.91. The number of sulfonamides is 1. The molecule has 1 aromatic carbocycles. The number of oxazole rings is 1. The molecule has 1 unspecified atom stereocenters. The molecule has 1 N–H and O–H groups in total. The van der Waals surface area contributed by atoms with E-state index in [4.69, 9.17) is 4.42 Å². The van der Waals surface area contributed by atoms with Crippen LogP contribution in [0.25, 0.3) is 10.6 Å². The van der Waals surface area contributed by atoms with Crippen LogP contribution < -0.4 is 5.32 Å². The number of hydrogen-bond acceptors (Lipinski definition) is 6. The summed E-state index contributed by atoms with van der Waals surface area (Å²) in [6.45, 7) is 0.680. The normalized spacial score (nSPS) is 17.7. The van der Waals surface area contributed by atoms with Gasteiger partial charge in [-0.1, -0.05) is 28.1 Å². The molecule has 10 heteroatoms. The summed E-state index contributed by atoms with van der Waals surface area (Å²) in [5.74, 6) is 0.258. The molecule has 0 spiro atoms. The van der Waals surface area contributed by atoms with E-state index in [0.717, 1.165) is 34.2 Å². The SMILES string of the molecule is O=C1NCCCCC1N(Cc1ccc(Br)cc1)S(=O)(=O)c1ccc(-c2cnco2)s1. The molecular weight excluding hydrogens is 490 g/mol. The monoisotopic (exact) mass is 509 g/mol. The van der Waals surface area contributed by atoms with Crippen molar-refractivity contribution in [3.05, 3.63) is 59.0 Å². The van der Waals surface area contributed by atoms with Crippen molar-refractivity contribution in [1.82, 2.24) is 14.6 Å². The van der Waals surface area contributed by atoms with E-state index >= 15 is 0 Å². The van der Waals surface area contributed by atoms with Gasteiger partial charge in [-0.2, -0.15) is 4.31 Å². The molecule has 1 fully saturated rings. The van der Waals surface area contributed by atoms with Gasteiger partial charge < -0.3 is 9.73 Å². The number of carbonyl (C=O) groups is 1. The van der Waals surface area contributed by atoms with E-state index in [2.05, 4.69) is 26.2 Å². The van der Waals surface area contributed by atoms with E-state index < -0.39 is 16.1 Å². The van der Waals surface area contributed by atoms with Gasteiger partial charge in [0.1, 0.15) is 10.3 Å². The Morgan fingerprint density at radius 3 is 2.73 bits per heavy atom. The topological polar surface area (TPSA) is 92.5 Å². The molecule has 0 bridgehead atoms. The number of nitrogens with zero attached hydrogens (tertiary/aromatic N) is 2. The van der Waals surface area contributed by atoms with Gasteiger partial charge in [0, 0.05) is 17.6 Å². The maximum absolute atomic E-state index is 13.6. The summed E-state index contributed by atoms with van der Waals surface area (Å²) in [6.07, 6.45) is 4.95. The van der Waals surface area contributed by atoms with Crippen LogP contribution >= 0.6 is 27.3 Å². The van der Waals surface area contributed by atoms with Crippen molar-refractivity contribution in [1.29, 1.82) is 0 Å². The third-order valence-corrected chi connectivity index (χ3v) is 8.88. The minimum atomic E-state index is -3.91. The van der Waals surface area contributed by atoms with Crippen LogP contribution in [0.15, 0.2) is 62.1 Å². The number of aromatic nitrogens is 1. The highest BCUT2D eigenvalue weighted by Crippen LogP contribution is 2.34. The molecule has 2 aromatic heterocycles. The molecule has 30 heavy (non-hydrogen) atoms. The van der Waals surface area contributed by atoms with Gasteiger partial charge in [-0.15, -0.1) is 11.3 Å². The minimum Gasteiger partial charge on any atom is -0.443 e. The van der Waals surface area contributed by atoms with Gasteiger partial charge in [-0.3, -0.25) is 4.79 Å². The lowest BCUT2D eigenvalue weighted by molar-refractivity contribution is -0.124. The molecule has 0 saturated carbocycles. The Bertz CT molecular complexity index is 1110. The number of thiophene rings is 1. The highest BCUT2D eigenvalue weighted by atomic mass is 79.9. The van der Waals surface area contributed by atoms with Crippen LogP contribution in [-0.2, 0) is 21.4 Å². The molecule has 1 aliphatic rings. The van der Waals surface area contributed by atoms with Crippen LogP contribution in [0.4, 0.5) is 0 Å². The summed E-state index contributed by atoms with van der Waals surface area (Å²) in [5.41, 5.74) is 0.811. The summed E-state index contributed by atoms with van der Waals surface area (Å²) in [6, 6.07) is 9.94. The number of amides is 1. The van der Waals surface area contributed by atoms with Crippen LogP contribution in [-0.4, -0.2) is 36.2 Å². The van der Waals surface area contributed by atoms with Gasteiger partial charge in [0.25, 0.3) is 10.0 Å². The summed E-state index contributed by atoms with van der Waals surface area (Å²) in [5, 5.41) is 2.85. The lowest BCUT2D eigenvalue weighted by Crippen LogP contribution is -2.48. The van der Waals surface area contributed by atoms with E-state index in [-0.39, 0.29) is 16.7 Å². The van der Waals surface area contributed by atoms with Crippen LogP contribution in [0.3, 0.4) is 0 Å². The highest BCUT2D eigenvalue weighted by Gasteiger charge is 2.37. The fraction of sp³-hybridized carbons (Fsp3) is 0.300. The van der Waals surface area contributed by atoms with E-state index in [1.807, 2.05) is 24.3 Å². The smallest absolute Gasteiger partial charge is 0.253 e. The van der Waals surface area contributed by atoms with Crippen LogP contribution in [0.2, 0.25) is 0 Å².